The molecule has 28 heavy (non-hydrogen) atoms. The fraction of sp³-hybridized carbons (Fsp3) is 0.190. The summed E-state index contributed by atoms with van der Waals surface area (Å²) in [4.78, 5) is 9.56. The van der Waals surface area contributed by atoms with Gasteiger partial charge in [-0.1, -0.05) is 12.1 Å². The Morgan fingerprint density at radius 1 is 1.07 bits per heavy atom. The molecule has 1 aliphatic rings. The number of pyridine rings is 1. The van der Waals surface area contributed by atoms with Gasteiger partial charge < -0.3 is 9.57 Å². The van der Waals surface area contributed by atoms with Crippen LogP contribution in [0.3, 0.4) is 0 Å². The summed E-state index contributed by atoms with van der Waals surface area (Å²) in [6, 6.07) is 14.3. The highest BCUT2D eigenvalue weighted by Gasteiger charge is 2.30. The Kier molecular flexibility index (Phi) is 4.81. The molecule has 3 aromatic rings. The van der Waals surface area contributed by atoms with Crippen LogP contribution in [0.5, 0.6) is 11.5 Å². The van der Waals surface area contributed by atoms with Crippen LogP contribution < -0.4 is 15.1 Å². The van der Waals surface area contributed by atoms with E-state index in [9.17, 15) is 13.2 Å². The average Bonchev–Trinajstić information content (AvgIpc) is 2.72. The molecule has 0 fully saturated rings. The first-order valence-electron chi connectivity index (χ1n) is 8.79. The summed E-state index contributed by atoms with van der Waals surface area (Å²) in [5.74, 6) is 1.35. The fourth-order valence-corrected chi connectivity index (χ4v) is 3.09. The van der Waals surface area contributed by atoms with Crippen molar-refractivity contribution in [2.45, 2.75) is 25.1 Å². The molecule has 144 valence electrons. The summed E-state index contributed by atoms with van der Waals surface area (Å²) in [5.41, 5.74) is 4.63. The largest absolute Gasteiger partial charge is 0.485 e. The van der Waals surface area contributed by atoms with Crippen LogP contribution in [0.25, 0.3) is 0 Å². The van der Waals surface area contributed by atoms with Crippen molar-refractivity contribution in [3.63, 3.8) is 0 Å². The molecule has 1 unspecified atom stereocenters. The van der Waals surface area contributed by atoms with Crippen molar-refractivity contribution in [3.8, 4) is 11.5 Å². The first kappa shape index (κ1) is 18.2. The Labute approximate surface area is 159 Å². The second-order valence-electron chi connectivity index (χ2n) is 6.48. The highest BCUT2D eigenvalue weighted by Crippen LogP contribution is 2.37. The third kappa shape index (κ3) is 4.03. The van der Waals surface area contributed by atoms with E-state index in [2.05, 4.69) is 10.5 Å². The predicted octanol–water partition coefficient (Wildman–Crippen LogP) is 5.57. The molecule has 0 aliphatic carbocycles. The van der Waals surface area contributed by atoms with Gasteiger partial charge in [0.2, 0.25) is 0 Å². The smallest absolute Gasteiger partial charge is 0.416 e. The minimum atomic E-state index is -4.33. The maximum absolute atomic E-state index is 12.7. The minimum absolute atomic E-state index is 0.268. The maximum atomic E-state index is 12.7. The Balaban J connectivity index is 1.43. The highest BCUT2D eigenvalue weighted by molar-refractivity contribution is 5.44. The number of fused-ring (bicyclic) bond motifs is 1. The second kappa shape index (κ2) is 7.42. The van der Waals surface area contributed by atoms with Crippen LogP contribution in [0.4, 0.5) is 18.9 Å². The molecule has 0 saturated carbocycles. The van der Waals surface area contributed by atoms with E-state index in [1.165, 1.54) is 12.1 Å². The van der Waals surface area contributed by atoms with Crippen LogP contribution in [0, 0.1) is 0 Å². The Morgan fingerprint density at radius 3 is 2.61 bits per heavy atom. The van der Waals surface area contributed by atoms with Gasteiger partial charge in [0.05, 0.1) is 17.4 Å². The normalized spacial score (nSPS) is 16.0. The molecular formula is C21H17F3N2O2. The molecule has 2 heterocycles. The molecular weight excluding hydrogens is 369 g/mol. The van der Waals surface area contributed by atoms with Gasteiger partial charge in [0.1, 0.15) is 11.9 Å². The first-order chi connectivity index (χ1) is 13.5. The molecule has 2 aromatic carbocycles. The number of rotatable bonds is 4. The molecule has 0 saturated heterocycles. The number of ether oxygens (including phenoxy) is 1. The first-order valence-corrected chi connectivity index (χ1v) is 8.79. The number of nitrogens with one attached hydrogen (secondary N) is 1. The topological polar surface area (TPSA) is 43.4 Å². The molecule has 7 heteroatoms. The zero-order valence-electron chi connectivity index (χ0n) is 14.7. The van der Waals surface area contributed by atoms with Gasteiger partial charge in [-0.3, -0.25) is 4.98 Å². The van der Waals surface area contributed by atoms with Gasteiger partial charge in [0.25, 0.3) is 0 Å². The van der Waals surface area contributed by atoms with Crippen molar-refractivity contribution >= 4 is 5.69 Å². The monoisotopic (exact) mass is 386 g/mol. The lowest BCUT2D eigenvalue weighted by molar-refractivity contribution is -0.137. The van der Waals surface area contributed by atoms with Crippen molar-refractivity contribution in [2.24, 2.45) is 0 Å². The Bertz CT molecular complexity index is 944. The molecule has 4 rings (SSSR count). The van der Waals surface area contributed by atoms with E-state index in [0.717, 1.165) is 35.4 Å². The van der Waals surface area contributed by atoms with E-state index in [-0.39, 0.29) is 6.10 Å². The van der Waals surface area contributed by atoms with Crippen molar-refractivity contribution in [1.82, 2.24) is 4.98 Å². The van der Waals surface area contributed by atoms with E-state index in [4.69, 9.17) is 9.57 Å². The zero-order chi connectivity index (χ0) is 19.6. The second-order valence-corrected chi connectivity index (χ2v) is 6.48. The summed E-state index contributed by atoms with van der Waals surface area (Å²) in [7, 11) is 0. The zero-order valence-corrected chi connectivity index (χ0v) is 14.7. The highest BCUT2D eigenvalue weighted by atomic mass is 19.4. The summed E-state index contributed by atoms with van der Waals surface area (Å²) < 4.78 is 44.1. The number of benzene rings is 2. The molecule has 1 N–H and O–H groups in total. The SMILES string of the molecule is FC(F)(F)c1ccc(C2CCc3cc(ONc4cccnc4)ccc3O2)cc1. The molecule has 1 aromatic heterocycles. The number of hydrogen-bond acceptors (Lipinski definition) is 4. The molecule has 0 bridgehead atoms. The van der Waals surface area contributed by atoms with Crippen LogP contribution in [0.2, 0.25) is 0 Å². The maximum Gasteiger partial charge on any atom is 0.416 e. The van der Waals surface area contributed by atoms with Crippen LogP contribution in [0.1, 0.15) is 29.2 Å². The lowest BCUT2D eigenvalue weighted by Crippen LogP contribution is -2.16. The number of hydrogen-bond donors (Lipinski definition) is 1. The van der Waals surface area contributed by atoms with E-state index in [0.29, 0.717) is 17.9 Å². The standard InChI is InChI=1S/C21H17F3N2O2/c22-21(23,24)16-6-3-14(4-7-16)19-9-5-15-12-18(8-10-20(15)27-19)28-26-17-2-1-11-25-13-17/h1-4,6-8,10-13,19,26H,5,9H2. The summed E-state index contributed by atoms with van der Waals surface area (Å²) in [6.45, 7) is 0. The van der Waals surface area contributed by atoms with Gasteiger partial charge in [-0.05, 0) is 66.4 Å². The van der Waals surface area contributed by atoms with Gasteiger partial charge in [-0.15, -0.1) is 0 Å². The predicted molar refractivity (Wildman–Crippen MR) is 98.1 cm³/mol. The molecule has 4 nitrogen and oxygen atoms in total. The minimum Gasteiger partial charge on any atom is -0.485 e. The number of nitrogens with zero attached hydrogens (tertiary/aromatic N) is 1. The molecule has 0 amide bonds. The summed E-state index contributed by atoms with van der Waals surface area (Å²) >= 11 is 0. The van der Waals surface area contributed by atoms with Crippen molar-refractivity contribution in [2.75, 3.05) is 5.48 Å². The van der Waals surface area contributed by atoms with E-state index in [1.807, 2.05) is 18.2 Å². The summed E-state index contributed by atoms with van der Waals surface area (Å²) in [5, 5.41) is 0. The number of aromatic nitrogens is 1. The van der Waals surface area contributed by atoms with Gasteiger partial charge in [0, 0.05) is 6.20 Å². The van der Waals surface area contributed by atoms with Gasteiger partial charge in [0.15, 0.2) is 5.75 Å². The number of halogens is 3. The van der Waals surface area contributed by atoms with Crippen LogP contribution in [-0.2, 0) is 12.6 Å². The van der Waals surface area contributed by atoms with E-state index in [1.54, 1.807) is 24.5 Å². The number of alkyl halides is 3. The van der Waals surface area contributed by atoms with E-state index < -0.39 is 11.7 Å². The van der Waals surface area contributed by atoms with Gasteiger partial charge >= 0.3 is 6.18 Å². The third-order valence-electron chi connectivity index (χ3n) is 4.54. The van der Waals surface area contributed by atoms with Crippen LogP contribution in [0.15, 0.2) is 67.0 Å². The van der Waals surface area contributed by atoms with Crippen LogP contribution in [-0.4, -0.2) is 4.98 Å². The van der Waals surface area contributed by atoms with E-state index >= 15 is 0 Å². The van der Waals surface area contributed by atoms with Crippen LogP contribution >= 0.6 is 0 Å². The van der Waals surface area contributed by atoms with Crippen molar-refractivity contribution < 1.29 is 22.7 Å². The quantitative estimate of drug-likeness (QED) is 0.595. The molecule has 1 atom stereocenters. The average molecular weight is 386 g/mol. The fourth-order valence-electron chi connectivity index (χ4n) is 3.09. The number of anilines is 1. The lowest BCUT2D eigenvalue weighted by Gasteiger charge is -2.27. The summed E-state index contributed by atoms with van der Waals surface area (Å²) in [6.07, 6.45) is 0.141. The molecule has 0 radical (unpaired) electrons. The number of aryl methyl sites for hydroxylation is 1. The molecule has 1 aliphatic heterocycles. The van der Waals surface area contributed by atoms with Gasteiger partial charge in [-0.2, -0.15) is 13.2 Å². The van der Waals surface area contributed by atoms with Crippen molar-refractivity contribution in [3.05, 3.63) is 83.7 Å². The Morgan fingerprint density at radius 2 is 1.89 bits per heavy atom. The third-order valence-corrected chi connectivity index (χ3v) is 4.54. The molecule has 0 spiro atoms. The van der Waals surface area contributed by atoms with Gasteiger partial charge in [-0.25, -0.2) is 5.48 Å². The van der Waals surface area contributed by atoms with Crippen molar-refractivity contribution in [1.29, 1.82) is 0 Å². The Hall–Kier alpha value is -3.22. The lowest BCUT2D eigenvalue weighted by atomic mass is 9.96.